The fourth-order valence-corrected chi connectivity index (χ4v) is 5.70. The second-order valence-electron chi connectivity index (χ2n) is 7.70. The lowest BCUT2D eigenvalue weighted by molar-refractivity contribution is 0.0917. The Morgan fingerprint density at radius 1 is 1.35 bits per heavy atom. The lowest BCUT2D eigenvalue weighted by Gasteiger charge is -2.28. The molecule has 0 radical (unpaired) electrons. The van der Waals surface area contributed by atoms with E-state index in [1.165, 1.54) is 25.7 Å². The van der Waals surface area contributed by atoms with Crippen LogP contribution in [-0.4, -0.2) is 26.5 Å². The second kappa shape index (κ2) is 6.20. The van der Waals surface area contributed by atoms with Crippen molar-refractivity contribution >= 4 is 22.9 Å². The summed E-state index contributed by atoms with van der Waals surface area (Å²) in [4.78, 5) is 18.4. The summed E-state index contributed by atoms with van der Waals surface area (Å²) >= 11 is 1.65. The van der Waals surface area contributed by atoms with E-state index in [0.717, 1.165) is 22.4 Å². The molecule has 2 saturated carbocycles. The van der Waals surface area contributed by atoms with Crippen LogP contribution in [0.4, 0.5) is 0 Å². The Labute approximate surface area is 156 Å². The molecule has 2 fully saturated rings. The largest absolute Gasteiger partial charge is 0.349 e. The molecule has 4 atom stereocenters. The number of amides is 1. The normalized spacial score (nSPS) is 25.7. The summed E-state index contributed by atoms with van der Waals surface area (Å²) in [6, 6.07) is 6.21. The van der Waals surface area contributed by atoms with Gasteiger partial charge in [0.05, 0.1) is 16.8 Å². The van der Waals surface area contributed by atoms with Crippen LogP contribution in [0.2, 0.25) is 0 Å². The highest BCUT2D eigenvalue weighted by Gasteiger charge is 2.42. The Balaban J connectivity index is 1.40. The van der Waals surface area contributed by atoms with Crippen LogP contribution in [0.25, 0.3) is 16.2 Å². The van der Waals surface area contributed by atoms with Crippen molar-refractivity contribution in [2.45, 2.75) is 38.6 Å². The van der Waals surface area contributed by atoms with E-state index in [1.54, 1.807) is 28.2 Å². The van der Waals surface area contributed by atoms with Crippen LogP contribution in [0.3, 0.4) is 0 Å². The van der Waals surface area contributed by atoms with Gasteiger partial charge in [0.25, 0.3) is 5.91 Å². The molecule has 0 aromatic carbocycles. The van der Waals surface area contributed by atoms with Crippen molar-refractivity contribution in [3.05, 3.63) is 41.5 Å². The molecular weight excluding hydrogens is 344 g/mol. The van der Waals surface area contributed by atoms with E-state index in [0.29, 0.717) is 17.1 Å². The third-order valence-corrected chi connectivity index (χ3v) is 7.11. The van der Waals surface area contributed by atoms with Crippen molar-refractivity contribution < 1.29 is 4.79 Å². The molecule has 3 heterocycles. The molecule has 134 valence electrons. The monoisotopic (exact) mass is 366 g/mol. The van der Waals surface area contributed by atoms with Gasteiger partial charge in [0.1, 0.15) is 5.56 Å². The van der Waals surface area contributed by atoms with Crippen LogP contribution in [0.1, 0.15) is 43.0 Å². The highest BCUT2D eigenvalue weighted by atomic mass is 32.1. The zero-order valence-corrected chi connectivity index (χ0v) is 15.6. The Kier molecular flexibility index (Phi) is 3.81. The molecule has 0 saturated heterocycles. The first-order valence-corrected chi connectivity index (χ1v) is 10.3. The molecule has 5 rings (SSSR count). The molecule has 1 N–H and O–H groups in total. The summed E-state index contributed by atoms with van der Waals surface area (Å²) in [6.45, 7) is 2.15. The predicted octanol–water partition coefficient (Wildman–Crippen LogP) is 4.01. The smallest absolute Gasteiger partial charge is 0.256 e. The van der Waals surface area contributed by atoms with Crippen LogP contribution < -0.4 is 5.32 Å². The van der Waals surface area contributed by atoms with E-state index in [-0.39, 0.29) is 11.9 Å². The van der Waals surface area contributed by atoms with E-state index >= 15 is 0 Å². The number of carbonyl (C=O) groups excluding carboxylic acids is 1. The van der Waals surface area contributed by atoms with Crippen molar-refractivity contribution in [2.24, 2.45) is 17.8 Å². The SMILES string of the molecule is CC(NC(=O)c1cnn2c(-c3cccs3)ccnc12)C1CC2CCC1C2. The molecule has 0 aliphatic heterocycles. The minimum atomic E-state index is -0.0638. The number of rotatable bonds is 4. The van der Waals surface area contributed by atoms with Gasteiger partial charge in [0.2, 0.25) is 0 Å². The second-order valence-corrected chi connectivity index (χ2v) is 8.65. The number of aromatic nitrogens is 3. The molecule has 2 bridgehead atoms. The highest BCUT2D eigenvalue weighted by Crippen LogP contribution is 2.49. The van der Waals surface area contributed by atoms with Crippen molar-refractivity contribution in [3.8, 4) is 10.6 Å². The van der Waals surface area contributed by atoms with Crippen LogP contribution in [0.5, 0.6) is 0 Å². The molecule has 3 aromatic heterocycles. The van der Waals surface area contributed by atoms with Gasteiger partial charge in [-0.2, -0.15) is 5.10 Å². The maximum absolute atomic E-state index is 12.9. The van der Waals surface area contributed by atoms with Gasteiger partial charge in [0, 0.05) is 12.2 Å². The predicted molar refractivity (Wildman–Crippen MR) is 102 cm³/mol. The number of hydrogen-bond donors (Lipinski definition) is 1. The summed E-state index contributed by atoms with van der Waals surface area (Å²) in [5.41, 5.74) is 2.14. The number of hydrogen-bond acceptors (Lipinski definition) is 4. The van der Waals surface area contributed by atoms with Gasteiger partial charge in [-0.05, 0) is 61.5 Å². The van der Waals surface area contributed by atoms with Gasteiger partial charge in [-0.3, -0.25) is 4.79 Å². The lowest BCUT2D eigenvalue weighted by atomic mass is 9.84. The quantitative estimate of drug-likeness (QED) is 0.759. The summed E-state index contributed by atoms with van der Waals surface area (Å²) < 4.78 is 1.77. The molecule has 2 aliphatic rings. The third kappa shape index (κ3) is 2.55. The van der Waals surface area contributed by atoms with Gasteiger partial charge in [0.15, 0.2) is 5.65 Å². The summed E-state index contributed by atoms with van der Waals surface area (Å²) in [7, 11) is 0. The first-order chi connectivity index (χ1) is 12.7. The molecule has 2 aliphatic carbocycles. The number of fused-ring (bicyclic) bond motifs is 3. The van der Waals surface area contributed by atoms with Gasteiger partial charge < -0.3 is 5.32 Å². The Bertz CT molecular complexity index is 948. The van der Waals surface area contributed by atoms with Crippen LogP contribution >= 0.6 is 11.3 Å². The van der Waals surface area contributed by atoms with E-state index < -0.39 is 0 Å². The molecule has 3 aromatic rings. The standard InChI is InChI=1S/C20H22N4OS/c1-12(15-10-13-4-5-14(15)9-13)23-20(25)16-11-22-24-17(6-7-21-19(16)24)18-3-2-8-26-18/h2-3,6-8,11-15H,4-5,9-10H2,1H3,(H,23,25). The Morgan fingerprint density at radius 2 is 2.27 bits per heavy atom. The van der Waals surface area contributed by atoms with Crippen LogP contribution in [0.15, 0.2) is 36.0 Å². The molecule has 5 nitrogen and oxygen atoms in total. The highest BCUT2D eigenvalue weighted by molar-refractivity contribution is 7.13. The van der Waals surface area contributed by atoms with Gasteiger partial charge in [-0.1, -0.05) is 12.5 Å². The lowest BCUT2D eigenvalue weighted by Crippen LogP contribution is -2.40. The van der Waals surface area contributed by atoms with Crippen molar-refractivity contribution in [1.29, 1.82) is 0 Å². The van der Waals surface area contributed by atoms with Crippen LogP contribution in [-0.2, 0) is 0 Å². The number of nitrogens with zero attached hydrogens (tertiary/aromatic N) is 3. The molecule has 4 unspecified atom stereocenters. The topological polar surface area (TPSA) is 59.3 Å². The Morgan fingerprint density at radius 3 is 3.00 bits per heavy atom. The zero-order valence-electron chi connectivity index (χ0n) is 14.8. The van der Waals surface area contributed by atoms with E-state index in [9.17, 15) is 4.79 Å². The summed E-state index contributed by atoms with van der Waals surface area (Å²) in [6.07, 6.45) is 8.72. The summed E-state index contributed by atoms with van der Waals surface area (Å²) in [5, 5.41) is 9.70. The molecular formula is C20H22N4OS. The summed E-state index contributed by atoms with van der Waals surface area (Å²) in [5.74, 6) is 2.24. The van der Waals surface area contributed by atoms with Crippen molar-refractivity contribution in [3.63, 3.8) is 0 Å². The van der Waals surface area contributed by atoms with Gasteiger partial charge >= 0.3 is 0 Å². The fraction of sp³-hybridized carbons (Fsp3) is 0.450. The van der Waals surface area contributed by atoms with E-state index in [4.69, 9.17) is 0 Å². The van der Waals surface area contributed by atoms with E-state index in [2.05, 4.69) is 28.4 Å². The minimum Gasteiger partial charge on any atom is -0.349 e. The first-order valence-electron chi connectivity index (χ1n) is 9.38. The average Bonchev–Trinajstić information content (AvgIpc) is 3.44. The molecule has 26 heavy (non-hydrogen) atoms. The van der Waals surface area contributed by atoms with Gasteiger partial charge in [-0.15, -0.1) is 11.3 Å². The minimum absolute atomic E-state index is 0.0638. The van der Waals surface area contributed by atoms with Crippen LogP contribution in [0, 0.1) is 17.8 Å². The van der Waals surface area contributed by atoms with Gasteiger partial charge in [-0.25, -0.2) is 9.50 Å². The number of thiophene rings is 1. The van der Waals surface area contributed by atoms with Crippen molar-refractivity contribution in [2.75, 3.05) is 0 Å². The number of carbonyl (C=O) groups is 1. The maximum atomic E-state index is 12.9. The average molecular weight is 366 g/mol. The zero-order chi connectivity index (χ0) is 17.7. The first kappa shape index (κ1) is 16.0. The number of nitrogens with one attached hydrogen (secondary N) is 1. The maximum Gasteiger partial charge on any atom is 0.256 e. The molecule has 6 heteroatoms. The third-order valence-electron chi connectivity index (χ3n) is 6.21. The molecule has 0 spiro atoms. The Hall–Kier alpha value is -2.21. The van der Waals surface area contributed by atoms with E-state index in [1.807, 2.05) is 17.5 Å². The van der Waals surface area contributed by atoms with Crippen molar-refractivity contribution in [1.82, 2.24) is 19.9 Å². The fourth-order valence-electron chi connectivity index (χ4n) is 4.96. The molecule has 1 amide bonds.